The quantitative estimate of drug-likeness (QED) is 0.0283. The molecular weight excluding hydrogens is 1530 g/mol. The second-order valence-electron chi connectivity index (χ2n) is 31.0. The normalized spacial score (nSPS) is 16.6. The summed E-state index contributed by atoms with van der Waals surface area (Å²) < 4.78 is 56.1. The van der Waals surface area contributed by atoms with Crippen LogP contribution in [0.2, 0.25) is 24.2 Å². The molecule has 0 fully saturated rings. The number of halogens is 2. The van der Waals surface area contributed by atoms with Gasteiger partial charge >= 0.3 is 0 Å². The molecule has 10 aromatic heterocycles. The number of fused-ring (bicyclic) bond motifs is 8. The predicted octanol–water partition coefficient (Wildman–Crippen LogP) is 30.3. The summed E-state index contributed by atoms with van der Waals surface area (Å²) in [7, 11) is -5.14. The maximum atomic E-state index is 18.0. The van der Waals surface area contributed by atoms with Crippen molar-refractivity contribution in [2.24, 2.45) is 23.7 Å². The molecule has 562 valence electrons. The molecule has 4 unspecified atom stereocenters. The zero-order chi connectivity index (χ0) is 73.6. The highest BCUT2D eigenvalue weighted by Gasteiger charge is 2.53. The average Bonchev–Trinajstić information content (AvgIpc) is 1.53. The molecule has 14 rings (SSSR count). The van der Waals surface area contributed by atoms with Gasteiger partial charge in [0.1, 0.15) is 49.8 Å². The molecule has 0 aliphatic carbocycles. The van der Waals surface area contributed by atoms with Crippen molar-refractivity contribution in [3.05, 3.63) is 106 Å². The summed E-state index contributed by atoms with van der Waals surface area (Å²) in [6.07, 6.45) is 31.8. The molecule has 0 saturated heterocycles. The van der Waals surface area contributed by atoms with Gasteiger partial charge in [-0.25, -0.2) is 8.78 Å². The number of thiophene rings is 8. The topological polar surface area (TPSA) is 51.6 Å². The van der Waals surface area contributed by atoms with E-state index >= 15 is 8.78 Å². The fourth-order valence-corrected chi connectivity index (χ4v) is 44.3. The third-order valence-corrected chi connectivity index (χ3v) is 46.5. The predicted molar refractivity (Wildman–Crippen MR) is 478 cm³/mol. The van der Waals surface area contributed by atoms with Gasteiger partial charge in [0.2, 0.25) is 0 Å². The summed E-state index contributed by atoms with van der Waals surface area (Å²) >= 11 is 17.5. The molecule has 0 N–H and O–H groups in total. The van der Waals surface area contributed by atoms with E-state index in [2.05, 4.69) is 165 Å². The van der Waals surface area contributed by atoms with Crippen molar-refractivity contribution in [3.8, 4) is 90.5 Å². The molecule has 18 heteroatoms. The summed E-state index contributed by atoms with van der Waals surface area (Å²) in [5.74, 6) is 2.03. The lowest BCUT2D eigenvalue weighted by Crippen LogP contribution is -2.57. The van der Waals surface area contributed by atoms with Crippen molar-refractivity contribution in [2.45, 2.75) is 260 Å². The second-order valence-corrected chi connectivity index (χ2v) is 48.9. The van der Waals surface area contributed by atoms with Crippen LogP contribution in [0, 0.1) is 35.3 Å². The molecule has 0 spiro atoms. The largest absolute Gasteiger partial charge is 0.206 e. The van der Waals surface area contributed by atoms with E-state index in [4.69, 9.17) is 17.5 Å². The second kappa shape index (κ2) is 35.8. The van der Waals surface area contributed by atoms with E-state index in [1.165, 1.54) is 260 Å². The third kappa shape index (κ3) is 15.9. The van der Waals surface area contributed by atoms with Crippen molar-refractivity contribution >= 4 is 173 Å². The lowest BCUT2D eigenvalue weighted by Gasteiger charge is -2.36. The van der Waals surface area contributed by atoms with Gasteiger partial charge in [0.05, 0.1) is 34.6 Å². The van der Waals surface area contributed by atoms with Crippen molar-refractivity contribution in [2.75, 3.05) is 0 Å². The first kappa shape index (κ1) is 78.7. The lowest BCUT2D eigenvalue weighted by atomic mass is 10.0. The smallest absolute Gasteiger partial charge is 0.134 e. The number of hydrogen-bond acceptors (Lipinski definition) is 14. The van der Waals surface area contributed by atoms with E-state index in [-0.39, 0.29) is 11.6 Å². The first-order valence-corrected chi connectivity index (χ1v) is 53.5. The molecule has 0 bridgehead atoms. The van der Waals surface area contributed by atoms with E-state index in [0.717, 1.165) is 54.5 Å². The van der Waals surface area contributed by atoms with Gasteiger partial charge in [-0.05, 0) is 179 Å². The Morgan fingerprint density at radius 1 is 0.302 bits per heavy atom. The van der Waals surface area contributed by atoms with Gasteiger partial charge in [-0.2, -0.15) is 17.5 Å². The molecule has 0 radical (unpaired) electrons. The number of benzene rings is 2. The monoisotopic (exact) mass is 1630 g/mol. The fraction of sp³-hybridized carbons (Fsp3) is 0.500. The highest BCUT2D eigenvalue weighted by molar-refractivity contribution is 7.35. The molecule has 2 aliphatic rings. The van der Waals surface area contributed by atoms with Crippen molar-refractivity contribution in [3.63, 3.8) is 0 Å². The van der Waals surface area contributed by atoms with Crippen LogP contribution in [-0.4, -0.2) is 33.6 Å². The first-order valence-electron chi connectivity index (χ1n) is 40.7. The zero-order valence-electron chi connectivity index (χ0n) is 64.2. The number of hydrogen-bond donors (Lipinski definition) is 0. The highest BCUT2D eigenvalue weighted by Crippen LogP contribution is 2.55. The standard InChI is InChI=1S/C88H108F2N4S10Si2/c1-11-21-27-29-35-59-37-39-67(95-59)69-43-41-65(97-69)61-45-63(89)79(83-81(61)91-103-93-83)73-49-77-87(101-73)85-75(105(77,51-55(17-7)31-23-13-3)52-56(18-8)32-24-14-4)47-71(99-85)72-48-76-86(100-72)88-78(106(76,53-57(19-9)33-25-15-5)54-58(20-10)34-26-16-6)50-74(102-88)80-64(90)46-62(82-84(80)94-104-92-82)66-42-44-70(98-66)68-40-38-60(96-68)36-30-28-22-12-2/h37-50,55-58H,11-36,51-54H2,1-10H3. The molecule has 2 aromatic carbocycles. The minimum Gasteiger partial charge on any atom is -0.206 e. The Hall–Kier alpha value is -4.03. The Kier molecular flexibility index (Phi) is 26.5. The van der Waals surface area contributed by atoms with Gasteiger partial charge < -0.3 is 0 Å². The van der Waals surface area contributed by atoms with Gasteiger partial charge in [0, 0.05) is 89.2 Å². The third-order valence-electron chi connectivity index (χ3n) is 23.9. The fourth-order valence-electron chi connectivity index (χ4n) is 17.9. The summed E-state index contributed by atoms with van der Waals surface area (Å²) in [6.45, 7) is 23.8. The van der Waals surface area contributed by atoms with Crippen molar-refractivity contribution < 1.29 is 8.78 Å². The Labute approximate surface area is 673 Å². The van der Waals surface area contributed by atoms with Crippen molar-refractivity contribution in [1.82, 2.24) is 17.5 Å². The van der Waals surface area contributed by atoms with Crippen LogP contribution in [0.4, 0.5) is 8.78 Å². The van der Waals surface area contributed by atoms with Crippen LogP contribution >= 0.6 is 114 Å². The zero-order valence-corrected chi connectivity index (χ0v) is 74.4. The van der Waals surface area contributed by atoms with Crippen LogP contribution in [0.15, 0.2) is 84.9 Å². The Bertz CT molecular complexity index is 4560. The molecule has 106 heavy (non-hydrogen) atoms. The molecule has 12 aromatic rings. The Morgan fingerprint density at radius 2 is 0.604 bits per heavy atom. The Balaban J connectivity index is 0.892. The van der Waals surface area contributed by atoms with Crippen LogP contribution in [0.25, 0.3) is 113 Å². The summed E-state index contributed by atoms with van der Waals surface area (Å²) in [5, 5.41) is 6.43. The number of aryl methyl sites for hydroxylation is 2. The van der Waals surface area contributed by atoms with E-state index in [1.807, 2.05) is 45.3 Å². The van der Waals surface area contributed by atoms with Crippen molar-refractivity contribution in [1.29, 1.82) is 0 Å². The van der Waals surface area contributed by atoms with Gasteiger partial charge in [-0.1, -0.05) is 210 Å². The minimum atomic E-state index is -2.57. The van der Waals surface area contributed by atoms with Crippen LogP contribution < -0.4 is 20.7 Å². The van der Waals surface area contributed by atoms with Crippen LogP contribution in [0.1, 0.15) is 233 Å². The maximum Gasteiger partial charge on any atom is 0.134 e. The SMILES string of the molecule is CCCCCCc1ccc(-c2ccc(-c3cc(F)c(-c4cc5c(s4)-c4sc(-c6cc7c(s6)-c6sc(-c8c(F)cc(-c9ccc(-c%10ccc(CCCCCC)s%10)s9)c9nsnc89)cc6[Si]7(CC(CC)CCCC)CC(CC)CCCC)cc4[Si]5(CC(CC)CCCC)CC(CC)CCCC)c4nsnc34)s2)s1. The van der Waals surface area contributed by atoms with Gasteiger partial charge in [0.15, 0.2) is 0 Å². The Morgan fingerprint density at radius 3 is 0.943 bits per heavy atom. The highest BCUT2D eigenvalue weighted by atomic mass is 32.1. The molecular formula is C88H108F2N4S10Si2. The maximum absolute atomic E-state index is 18.0. The van der Waals surface area contributed by atoms with E-state index in [1.54, 1.807) is 55.6 Å². The number of unbranched alkanes of at least 4 members (excludes halogenated alkanes) is 10. The average molecular weight is 1640 g/mol. The first-order chi connectivity index (χ1) is 51.8. The van der Waals surface area contributed by atoms with Crippen LogP contribution in [0.5, 0.6) is 0 Å². The van der Waals surface area contributed by atoms with Crippen LogP contribution in [-0.2, 0) is 12.8 Å². The van der Waals surface area contributed by atoms with E-state index in [9.17, 15) is 0 Å². The van der Waals surface area contributed by atoms with E-state index in [0.29, 0.717) is 45.8 Å². The van der Waals surface area contributed by atoms with E-state index < -0.39 is 16.1 Å². The van der Waals surface area contributed by atoms with Gasteiger partial charge in [0.25, 0.3) is 0 Å². The summed E-state index contributed by atoms with van der Waals surface area (Å²) in [5.41, 5.74) is 5.92. The number of rotatable bonds is 41. The van der Waals surface area contributed by atoms with Crippen LogP contribution in [0.3, 0.4) is 0 Å². The molecule has 2 aliphatic heterocycles. The molecule has 4 atom stereocenters. The molecule has 12 heterocycles. The lowest BCUT2D eigenvalue weighted by molar-refractivity contribution is 0.469. The molecule has 0 saturated carbocycles. The number of aromatic nitrogens is 4. The van der Waals surface area contributed by atoms with Gasteiger partial charge in [-0.15, -0.1) is 90.7 Å². The molecule has 4 nitrogen and oxygen atoms in total. The van der Waals surface area contributed by atoms with Gasteiger partial charge in [-0.3, -0.25) is 0 Å². The number of nitrogens with zero attached hydrogens (tertiary/aromatic N) is 4. The summed E-state index contributed by atoms with van der Waals surface area (Å²) in [4.78, 5) is 20.5. The molecule has 0 amide bonds. The minimum absolute atomic E-state index is 0.202. The summed E-state index contributed by atoms with van der Waals surface area (Å²) in [6, 6.07) is 37.1.